The molecule has 0 atom stereocenters. The summed E-state index contributed by atoms with van der Waals surface area (Å²) >= 11 is 1.37. The maximum Gasteiger partial charge on any atom is 0.348 e. The van der Waals surface area contributed by atoms with Gasteiger partial charge in [0, 0.05) is 4.88 Å². The molecule has 0 radical (unpaired) electrons. The topological polar surface area (TPSA) is 61.2 Å². The second-order valence-corrected chi connectivity index (χ2v) is 6.13. The number of esters is 1. The molecule has 1 aromatic carbocycles. The molecule has 112 valence electrons. The highest BCUT2D eigenvalue weighted by molar-refractivity contribution is 7.14. The van der Waals surface area contributed by atoms with Gasteiger partial charge in [-0.25, -0.2) is 9.78 Å². The van der Waals surface area contributed by atoms with Crippen LogP contribution in [0.5, 0.6) is 0 Å². The number of methoxy groups -OCH3 is 1. The van der Waals surface area contributed by atoms with Gasteiger partial charge in [0.1, 0.15) is 4.88 Å². The molecule has 0 aliphatic heterocycles. The lowest BCUT2D eigenvalue weighted by Crippen LogP contribution is -2.21. The number of ether oxygens (including phenoxy) is 1. The van der Waals surface area contributed by atoms with Gasteiger partial charge in [-0.05, 0) is 30.7 Å². The Morgan fingerprint density at radius 2 is 2.14 bits per heavy atom. The molecule has 6 heteroatoms. The summed E-state index contributed by atoms with van der Waals surface area (Å²) in [6, 6.07) is 9.02. The van der Waals surface area contributed by atoms with E-state index in [2.05, 4.69) is 4.98 Å². The highest BCUT2D eigenvalue weighted by Gasteiger charge is 2.13. The number of fused-ring (bicyclic) bond motifs is 1. The van der Waals surface area contributed by atoms with E-state index in [1.54, 1.807) is 23.0 Å². The second-order valence-electron chi connectivity index (χ2n) is 4.88. The quantitative estimate of drug-likeness (QED) is 0.697. The number of nitrogens with zero attached hydrogens (tertiary/aromatic N) is 2. The number of rotatable bonds is 3. The van der Waals surface area contributed by atoms with Crippen LogP contribution in [0.25, 0.3) is 10.9 Å². The lowest BCUT2D eigenvalue weighted by Gasteiger charge is -2.06. The fourth-order valence-corrected chi connectivity index (χ4v) is 3.23. The summed E-state index contributed by atoms with van der Waals surface area (Å²) < 4.78 is 6.28. The van der Waals surface area contributed by atoms with Gasteiger partial charge in [-0.15, -0.1) is 11.3 Å². The smallest absolute Gasteiger partial charge is 0.348 e. The number of aromatic nitrogens is 2. The zero-order valence-electron chi connectivity index (χ0n) is 12.2. The van der Waals surface area contributed by atoms with Crippen LogP contribution in [0.4, 0.5) is 0 Å². The van der Waals surface area contributed by atoms with E-state index < -0.39 is 0 Å². The standard InChI is InChI=1S/C16H14N2O3S/c1-10-11(7-14(22-10)16(20)21-2)8-18-9-17-13-6-4-3-5-12(13)15(18)19/h3-7,9H,8H2,1-2H3. The number of benzene rings is 1. The van der Waals surface area contributed by atoms with Crippen LogP contribution in [0.1, 0.15) is 20.1 Å². The molecule has 0 bridgehead atoms. The van der Waals surface area contributed by atoms with E-state index in [0.717, 1.165) is 10.4 Å². The molecule has 0 aliphatic carbocycles. The van der Waals surface area contributed by atoms with Crippen molar-refractivity contribution in [2.45, 2.75) is 13.5 Å². The molecule has 0 saturated heterocycles. The van der Waals surface area contributed by atoms with E-state index in [0.29, 0.717) is 22.3 Å². The number of carbonyl (C=O) groups is 1. The minimum absolute atomic E-state index is 0.0872. The van der Waals surface area contributed by atoms with Gasteiger partial charge in [-0.1, -0.05) is 12.1 Å². The first-order chi connectivity index (χ1) is 10.6. The molecule has 0 aliphatic rings. The van der Waals surface area contributed by atoms with Gasteiger partial charge in [0.25, 0.3) is 5.56 Å². The predicted octanol–water partition coefficient (Wildman–Crippen LogP) is 2.60. The predicted molar refractivity (Wildman–Crippen MR) is 85.5 cm³/mol. The molecule has 2 aromatic heterocycles. The van der Waals surface area contributed by atoms with Crippen molar-refractivity contribution in [2.75, 3.05) is 7.11 Å². The lowest BCUT2D eigenvalue weighted by atomic mass is 10.2. The maximum atomic E-state index is 12.5. The number of para-hydroxylation sites is 1. The Morgan fingerprint density at radius 1 is 1.36 bits per heavy atom. The Labute approximate surface area is 130 Å². The van der Waals surface area contributed by atoms with Crippen molar-refractivity contribution >= 4 is 28.2 Å². The van der Waals surface area contributed by atoms with Crippen LogP contribution in [0.2, 0.25) is 0 Å². The van der Waals surface area contributed by atoms with Gasteiger partial charge >= 0.3 is 5.97 Å². The molecule has 0 saturated carbocycles. The molecular formula is C16H14N2O3S. The number of aryl methyl sites for hydroxylation is 1. The number of hydrogen-bond acceptors (Lipinski definition) is 5. The molecule has 0 spiro atoms. The molecule has 5 nitrogen and oxygen atoms in total. The van der Waals surface area contributed by atoms with E-state index in [1.807, 2.05) is 25.1 Å². The van der Waals surface area contributed by atoms with Crippen LogP contribution < -0.4 is 5.56 Å². The van der Waals surface area contributed by atoms with Crippen LogP contribution in [-0.4, -0.2) is 22.6 Å². The second kappa shape index (κ2) is 5.73. The molecule has 0 amide bonds. The number of hydrogen-bond donors (Lipinski definition) is 0. The third kappa shape index (κ3) is 2.53. The van der Waals surface area contributed by atoms with Crippen LogP contribution in [0, 0.1) is 6.92 Å². The van der Waals surface area contributed by atoms with Gasteiger partial charge < -0.3 is 4.74 Å². The molecule has 0 unspecified atom stereocenters. The third-order valence-electron chi connectivity index (χ3n) is 3.48. The Hall–Kier alpha value is -2.47. The Kier molecular flexibility index (Phi) is 3.77. The zero-order valence-corrected chi connectivity index (χ0v) is 13.0. The Balaban J connectivity index is 2.00. The highest BCUT2D eigenvalue weighted by atomic mass is 32.1. The average molecular weight is 314 g/mol. The Morgan fingerprint density at radius 3 is 2.91 bits per heavy atom. The van der Waals surface area contributed by atoms with Gasteiger partial charge in [-0.3, -0.25) is 9.36 Å². The van der Waals surface area contributed by atoms with E-state index in [4.69, 9.17) is 4.74 Å². The maximum absolute atomic E-state index is 12.5. The number of thiophene rings is 1. The first kappa shape index (κ1) is 14.5. The zero-order chi connectivity index (χ0) is 15.7. The molecule has 0 fully saturated rings. The van der Waals surface area contributed by atoms with Crippen molar-refractivity contribution in [3.8, 4) is 0 Å². The Bertz CT molecular complexity index is 911. The molecule has 3 rings (SSSR count). The van der Waals surface area contributed by atoms with E-state index >= 15 is 0 Å². The van der Waals surface area contributed by atoms with Crippen molar-refractivity contribution in [3.63, 3.8) is 0 Å². The molecule has 22 heavy (non-hydrogen) atoms. The van der Waals surface area contributed by atoms with Crippen molar-refractivity contribution in [1.82, 2.24) is 9.55 Å². The minimum atomic E-state index is -0.358. The third-order valence-corrected chi connectivity index (χ3v) is 4.55. The summed E-state index contributed by atoms with van der Waals surface area (Å²) in [4.78, 5) is 29.9. The first-order valence-electron chi connectivity index (χ1n) is 6.72. The fourth-order valence-electron chi connectivity index (χ4n) is 2.28. The van der Waals surface area contributed by atoms with Crippen LogP contribution >= 0.6 is 11.3 Å². The van der Waals surface area contributed by atoms with Gasteiger partial charge in [0.05, 0.1) is 30.9 Å². The van der Waals surface area contributed by atoms with Crippen LogP contribution in [0.15, 0.2) is 41.5 Å². The first-order valence-corrected chi connectivity index (χ1v) is 7.53. The normalized spacial score (nSPS) is 10.8. The summed E-state index contributed by atoms with van der Waals surface area (Å²) in [6.45, 7) is 2.31. The van der Waals surface area contributed by atoms with Gasteiger partial charge in [0.2, 0.25) is 0 Å². The molecule has 0 N–H and O–H groups in total. The lowest BCUT2D eigenvalue weighted by molar-refractivity contribution is 0.0606. The van der Waals surface area contributed by atoms with Crippen LogP contribution in [-0.2, 0) is 11.3 Å². The summed E-state index contributed by atoms with van der Waals surface area (Å²) in [5.41, 5.74) is 1.52. The van der Waals surface area contributed by atoms with Gasteiger partial charge in [0.15, 0.2) is 0 Å². The summed E-state index contributed by atoms with van der Waals surface area (Å²) in [5, 5.41) is 0.589. The molecule has 3 aromatic rings. The summed E-state index contributed by atoms with van der Waals surface area (Å²) in [6.07, 6.45) is 1.54. The minimum Gasteiger partial charge on any atom is -0.465 e. The van der Waals surface area contributed by atoms with Crippen LogP contribution in [0.3, 0.4) is 0 Å². The fraction of sp³-hybridized carbons (Fsp3) is 0.188. The van der Waals surface area contributed by atoms with Crippen molar-refractivity contribution in [2.24, 2.45) is 0 Å². The monoisotopic (exact) mass is 314 g/mol. The molecule has 2 heterocycles. The van der Waals surface area contributed by atoms with E-state index in [9.17, 15) is 9.59 Å². The summed E-state index contributed by atoms with van der Waals surface area (Å²) in [5.74, 6) is -0.358. The van der Waals surface area contributed by atoms with Gasteiger partial charge in [-0.2, -0.15) is 0 Å². The summed E-state index contributed by atoms with van der Waals surface area (Å²) in [7, 11) is 1.36. The molecular weight excluding hydrogens is 300 g/mol. The van der Waals surface area contributed by atoms with E-state index in [-0.39, 0.29) is 11.5 Å². The largest absolute Gasteiger partial charge is 0.465 e. The van der Waals surface area contributed by atoms with Crippen molar-refractivity contribution in [3.05, 3.63) is 62.3 Å². The van der Waals surface area contributed by atoms with Crippen molar-refractivity contribution < 1.29 is 9.53 Å². The van der Waals surface area contributed by atoms with Crippen molar-refractivity contribution in [1.29, 1.82) is 0 Å². The highest BCUT2D eigenvalue weighted by Crippen LogP contribution is 2.23. The average Bonchev–Trinajstić information content (AvgIpc) is 2.90. The number of carbonyl (C=O) groups excluding carboxylic acids is 1. The van der Waals surface area contributed by atoms with E-state index in [1.165, 1.54) is 18.4 Å². The SMILES string of the molecule is COC(=O)c1cc(Cn2cnc3ccccc3c2=O)c(C)s1.